The van der Waals surface area contributed by atoms with Crippen molar-refractivity contribution in [2.24, 2.45) is 0 Å². The predicted molar refractivity (Wildman–Crippen MR) is 113 cm³/mol. The molecule has 0 radical (unpaired) electrons. The molecular formula is C23H20N2O3. The second kappa shape index (κ2) is 7.19. The lowest BCUT2D eigenvalue weighted by atomic mass is 10.1. The summed E-state index contributed by atoms with van der Waals surface area (Å²) in [4.78, 5) is 25.4. The van der Waals surface area contributed by atoms with Crippen LogP contribution in [0.15, 0.2) is 75.9 Å². The first-order valence-electron chi connectivity index (χ1n) is 9.04. The number of rotatable bonds is 4. The minimum absolute atomic E-state index is 0.172. The van der Waals surface area contributed by atoms with Gasteiger partial charge in [-0.05, 0) is 40.6 Å². The van der Waals surface area contributed by atoms with E-state index in [4.69, 9.17) is 4.42 Å². The number of nitrogens with zero attached hydrogens (tertiary/aromatic N) is 1. The molecule has 0 fully saturated rings. The van der Waals surface area contributed by atoms with Gasteiger partial charge < -0.3 is 14.6 Å². The van der Waals surface area contributed by atoms with Gasteiger partial charge in [-0.3, -0.25) is 4.79 Å². The Kier molecular flexibility index (Phi) is 4.57. The van der Waals surface area contributed by atoms with Crippen molar-refractivity contribution < 1.29 is 9.21 Å². The zero-order valence-electron chi connectivity index (χ0n) is 15.7. The lowest BCUT2D eigenvalue weighted by molar-refractivity contribution is -0.114. The first-order valence-corrected chi connectivity index (χ1v) is 9.04. The van der Waals surface area contributed by atoms with E-state index in [1.165, 1.54) is 23.8 Å². The highest BCUT2D eigenvalue weighted by molar-refractivity contribution is 5.92. The van der Waals surface area contributed by atoms with Crippen molar-refractivity contribution in [2.75, 3.05) is 17.3 Å². The number of carbonyl (C=O) groups excluding carboxylic acids is 1. The summed E-state index contributed by atoms with van der Waals surface area (Å²) in [6.45, 7) is 2.00. The average Bonchev–Trinajstić information content (AvgIpc) is 2.66. The van der Waals surface area contributed by atoms with Crippen LogP contribution in [0.2, 0.25) is 0 Å². The molecule has 0 aliphatic carbocycles. The fourth-order valence-corrected chi connectivity index (χ4v) is 3.40. The minimum atomic E-state index is -0.408. The Hall–Kier alpha value is -3.60. The first-order chi connectivity index (χ1) is 13.5. The van der Waals surface area contributed by atoms with E-state index in [1.807, 2.05) is 31.3 Å². The summed E-state index contributed by atoms with van der Waals surface area (Å²) in [5.41, 5.74) is 2.59. The van der Waals surface area contributed by atoms with Crippen LogP contribution >= 0.6 is 0 Å². The molecule has 28 heavy (non-hydrogen) atoms. The molecule has 5 nitrogen and oxygen atoms in total. The molecule has 0 unspecified atom stereocenters. The number of anilines is 2. The van der Waals surface area contributed by atoms with Crippen LogP contribution in [-0.2, 0) is 11.3 Å². The molecule has 0 bridgehead atoms. The van der Waals surface area contributed by atoms with Gasteiger partial charge in [-0.1, -0.05) is 30.3 Å². The number of hydrogen-bond donors (Lipinski definition) is 1. The Morgan fingerprint density at radius 2 is 1.79 bits per heavy atom. The van der Waals surface area contributed by atoms with Gasteiger partial charge in [0, 0.05) is 49.4 Å². The molecule has 0 spiro atoms. The molecule has 1 N–H and O–H groups in total. The largest absolute Gasteiger partial charge is 0.423 e. The third-order valence-corrected chi connectivity index (χ3v) is 4.73. The van der Waals surface area contributed by atoms with Crippen LogP contribution in [0.3, 0.4) is 0 Å². The molecule has 0 atom stereocenters. The summed E-state index contributed by atoms with van der Waals surface area (Å²) >= 11 is 0. The zero-order valence-corrected chi connectivity index (χ0v) is 15.7. The van der Waals surface area contributed by atoms with E-state index in [-0.39, 0.29) is 5.91 Å². The maximum atomic E-state index is 12.1. The lowest BCUT2D eigenvalue weighted by Gasteiger charge is -2.20. The molecule has 140 valence electrons. The monoisotopic (exact) mass is 372 g/mol. The summed E-state index contributed by atoms with van der Waals surface area (Å²) in [6.07, 6.45) is 0. The lowest BCUT2D eigenvalue weighted by Crippen LogP contribution is -2.17. The van der Waals surface area contributed by atoms with E-state index in [0.717, 1.165) is 16.6 Å². The Labute approximate surface area is 162 Å². The van der Waals surface area contributed by atoms with Crippen molar-refractivity contribution in [3.05, 3.63) is 82.7 Å². The summed E-state index contributed by atoms with van der Waals surface area (Å²) in [7, 11) is 2.00. The van der Waals surface area contributed by atoms with Gasteiger partial charge in [0.1, 0.15) is 5.58 Å². The van der Waals surface area contributed by atoms with Crippen LogP contribution in [0.4, 0.5) is 11.4 Å². The number of nitrogens with one attached hydrogen (secondary N) is 1. The van der Waals surface area contributed by atoms with Gasteiger partial charge in [-0.2, -0.15) is 0 Å². The maximum Gasteiger partial charge on any atom is 0.336 e. The summed E-state index contributed by atoms with van der Waals surface area (Å²) < 4.78 is 5.34. The van der Waals surface area contributed by atoms with E-state index in [2.05, 4.69) is 40.5 Å². The normalized spacial score (nSPS) is 10.9. The van der Waals surface area contributed by atoms with Crippen molar-refractivity contribution in [2.45, 2.75) is 13.5 Å². The topological polar surface area (TPSA) is 62.6 Å². The highest BCUT2D eigenvalue weighted by Crippen LogP contribution is 2.26. The van der Waals surface area contributed by atoms with Crippen LogP contribution in [0.25, 0.3) is 21.7 Å². The van der Waals surface area contributed by atoms with E-state index in [9.17, 15) is 9.59 Å². The quantitative estimate of drug-likeness (QED) is 0.534. The molecule has 0 aliphatic heterocycles. The minimum Gasteiger partial charge on any atom is -0.423 e. The Bertz CT molecular complexity index is 1240. The van der Waals surface area contributed by atoms with Gasteiger partial charge in [-0.25, -0.2) is 4.79 Å². The van der Waals surface area contributed by atoms with Crippen molar-refractivity contribution in [1.82, 2.24) is 0 Å². The van der Waals surface area contributed by atoms with Crippen molar-refractivity contribution in [1.29, 1.82) is 0 Å². The molecule has 5 heteroatoms. The number of carbonyl (C=O) groups is 1. The summed E-state index contributed by atoms with van der Waals surface area (Å²) in [5.74, 6) is -0.172. The molecule has 0 saturated carbocycles. The fourth-order valence-electron chi connectivity index (χ4n) is 3.40. The van der Waals surface area contributed by atoms with Crippen molar-refractivity contribution in [3.63, 3.8) is 0 Å². The smallest absolute Gasteiger partial charge is 0.336 e. The van der Waals surface area contributed by atoms with E-state index < -0.39 is 5.63 Å². The molecule has 4 rings (SSSR count). The molecule has 1 aromatic heterocycles. The van der Waals surface area contributed by atoms with Crippen LogP contribution in [0.5, 0.6) is 0 Å². The number of hydrogen-bond acceptors (Lipinski definition) is 4. The standard InChI is InChI=1S/C23H20N2O3/c1-15(26)24-19-8-10-21-18(12-23(27)28-22(21)13-19)14-25(2)20-9-7-16-5-3-4-6-17(16)11-20/h3-13H,14H2,1-2H3,(H,24,26). The van der Waals surface area contributed by atoms with Gasteiger partial charge in [0.25, 0.3) is 0 Å². The van der Waals surface area contributed by atoms with E-state index >= 15 is 0 Å². The summed E-state index contributed by atoms with van der Waals surface area (Å²) in [5, 5.41) is 5.92. The average molecular weight is 372 g/mol. The number of benzene rings is 3. The molecule has 4 aromatic rings. The molecular weight excluding hydrogens is 352 g/mol. The second-order valence-electron chi connectivity index (χ2n) is 6.87. The van der Waals surface area contributed by atoms with Gasteiger partial charge in [-0.15, -0.1) is 0 Å². The Balaban J connectivity index is 1.69. The Morgan fingerprint density at radius 1 is 1.00 bits per heavy atom. The zero-order chi connectivity index (χ0) is 19.7. The molecule has 0 aliphatic rings. The van der Waals surface area contributed by atoms with Crippen LogP contribution < -0.4 is 15.8 Å². The first kappa shape index (κ1) is 17.8. The summed E-state index contributed by atoms with van der Waals surface area (Å²) in [6, 6.07) is 21.4. The highest BCUT2D eigenvalue weighted by atomic mass is 16.4. The van der Waals surface area contributed by atoms with Gasteiger partial charge >= 0.3 is 5.63 Å². The van der Waals surface area contributed by atoms with E-state index in [0.29, 0.717) is 17.8 Å². The highest BCUT2D eigenvalue weighted by Gasteiger charge is 2.10. The molecule has 1 heterocycles. The number of amides is 1. The number of fused-ring (bicyclic) bond motifs is 2. The van der Waals surface area contributed by atoms with Gasteiger partial charge in [0.2, 0.25) is 5.91 Å². The van der Waals surface area contributed by atoms with Crippen LogP contribution in [0.1, 0.15) is 12.5 Å². The third kappa shape index (κ3) is 3.60. The van der Waals surface area contributed by atoms with Crippen LogP contribution in [0, 0.1) is 0 Å². The van der Waals surface area contributed by atoms with Crippen molar-refractivity contribution in [3.8, 4) is 0 Å². The second-order valence-corrected chi connectivity index (χ2v) is 6.87. The molecule has 1 amide bonds. The SMILES string of the molecule is CC(=O)Nc1ccc2c(CN(C)c3ccc4ccccc4c3)cc(=O)oc2c1. The third-order valence-electron chi connectivity index (χ3n) is 4.73. The fraction of sp³-hybridized carbons (Fsp3) is 0.130. The van der Waals surface area contributed by atoms with Gasteiger partial charge in [0.15, 0.2) is 0 Å². The predicted octanol–water partition coefficient (Wildman–Crippen LogP) is 4.54. The Morgan fingerprint density at radius 3 is 2.57 bits per heavy atom. The molecule has 3 aromatic carbocycles. The van der Waals surface area contributed by atoms with Gasteiger partial charge in [0.05, 0.1) is 0 Å². The maximum absolute atomic E-state index is 12.1. The van der Waals surface area contributed by atoms with Crippen molar-refractivity contribution >= 4 is 39.0 Å². The van der Waals surface area contributed by atoms with E-state index in [1.54, 1.807) is 6.07 Å². The molecule has 0 saturated heterocycles. The van der Waals surface area contributed by atoms with Crippen LogP contribution in [-0.4, -0.2) is 13.0 Å².